The molecule has 0 radical (unpaired) electrons. The van der Waals surface area contributed by atoms with Crippen LogP contribution in [0.4, 0.5) is 0 Å². The van der Waals surface area contributed by atoms with Crippen molar-refractivity contribution in [2.45, 2.75) is 44.9 Å². The molecule has 2 aliphatic rings. The van der Waals surface area contributed by atoms with Gasteiger partial charge in [-0.05, 0) is 61.2 Å². The van der Waals surface area contributed by atoms with Crippen LogP contribution in [0.2, 0.25) is 0 Å². The van der Waals surface area contributed by atoms with Crippen molar-refractivity contribution < 1.29 is 4.74 Å². The van der Waals surface area contributed by atoms with Gasteiger partial charge in [0.05, 0.1) is 0 Å². The lowest BCUT2D eigenvalue weighted by atomic mass is 9.94. The molecular weight excluding hydrogens is 310 g/mol. The highest BCUT2D eigenvalue weighted by Gasteiger charge is 2.42. The highest BCUT2D eigenvalue weighted by atomic mass is 16.5. The van der Waals surface area contributed by atoms with Crippen molar-refractivity contribution >= 4 is 0 Å². The van der Waals surface area contributed by atoms with Gasteiger partial charge in [0.25, 0.3) is 0 Å². The molecule has 25 heavy (non-hydrogen) atoms. The second-order valence-corrected chi connectivity index (χ2v) is 7.46. The molecular formula is C21H27N3O. The van der Waals surface area contributed by atoms with Crippen molar-refractivity contribution in [2.24, 2.45) is 0 Å². The first-order valence-electron chi connectivity index (χ1n) is 9.33. The lowest BCUT2D eigenvalue weighted by molar-refractivity contribution is 0.0453. The lowest BCUT2D eigenvalue weighted by Gasteiger charge is -2.34. The summed E-state index contributed by atoms with van der Waals surface area (Å²) in [6.07, 6.45) is 7.39. The highest BCUT2D eigenvalue weighted by Crippen LogP contribution is 2.35. The third-order valence-corrected chi connectivity index (χ3v) is 5.54. The molecule has 4 nitrogen and oxygen atoms in total. The molecule has 4 rings (SSSR count). The third kappa shape index (κ3) is 3.86. The van der Waals surface area contributed by atoms with E-state index in [1.54, 1.807) is 0 Å². The second kappa shape index (κ2) is 7.14. The SMILES string of the molecule is Cc1cnccc1CNCc1ccc(O[C@@]23CCCN(CC2)C3)cc1. The van der Waals surface area contributed by atoms with E-state index < -0.39 is 0 Å². The first-order chi connectivity index (χ1) is 12.2. The fourth-order valence-corrected chi connectivity index (χ4v) is 4.05. The Labute approximate surface area is 150 Å². The Balaban J connectivity index is 1.31. The Bertz CT molecular complexity index is 711. The molecule has 2 bridgehead atoms. The van der Waals surface area contributed by atoms with E-state index in [0.29, 0.717) is 0 Å². The molecule has 1 aromatic carbocycles. The van der Waals surface area contributed by atoms with E-state index in [1.807, 2.05) is 12.4 Å². The Morgan fingerprint density at radius 2 is 2.00 bits per heavy atom. The quantitative estimate of drug-likeness (QED) is 0.878. The number of aryl methyl sites for hydroxylation is 1. The normalized spacial score (nSPS) is 25.1. The zero-order chi connectivity index (χ0) is 17.1. The summed E-state index contributed by atoms with van der Waals surface area (Å²) in [6, 6.07) is 10.7. The molecule has 0 saturated carbocycles. The number of hydrogen-bond donors (Lipinski definition) is 1. The number of piperidine rings is 1. The average Bonchev–Trinajstić information content (AvgIpc) is 2.92. The zero-order valence-corrected chi connectivity index (χ0v) is 15.0. The molecule has 0 spiro atoms. The molecule has 0 aliphatic carbocycles. The van der Waals surface area contributed by atoms with E-state index in [0.717, 1.165) is 25.4 Å². The van der Waals surface area contributed by atoms with Crippen LogP contribution < -0.4 is 10.1 Å². The van der Waals surface area contributed by atoms with Gasteiger partial charge in [-0.15, -0.1) is 0 Å². The van der Waals surface area contributed by atoms with Gasteiger partial charge in [-0.3, -0.25) is 9.88 Å². The first kappa shape index (κ1) is 16.6. The van der Waals surface area contributed by atoms with Crippen molar-refractivity contribution in [1.82, 2.24) is 15.2 Å². The van der Waals surface area contributed by atoms with E-state index in [1.165, 1.54) is 49.0 Å². The van der Waals surface area contributed by atoms with Gasteiger partial charge in [-0.1, -0.05) is 12.1 Å². The number of nitrogens with zero attached hydrogens (tertiary/aromatic N) is 2. The molecule has 2 saturated heterocycles. The number of aromatic nitrogens is 1. The molecule has 1 unspecified atom stereocenters. The number of hydrogen-bond acceptors (Lipinski definition) is 4. The second-order valence-electron chi connectivity index (χ2n) is 7.46. The molecule has 132 valence electrons. The van der Waals surface area contributed by atoms with Crippen LogP contribution in [0.1, 0.15) is 36.0 Å². The number of rotatable bonds is 6. The maximum absolute atomic E-state index is 6.41. The Morgan fingerprint density at radius 1 is 1.12 bits per heavy atom. The molecule has 2 atom stereocenters. The third-order valence-electron chi connectivity index (χ3n) is 5.54. The lowest BCUT2D eigenvalue weighted by Crippen LogP contribution is -2.43. The van der Waals surface area contributed by atoms with Gasteiger partial charge in [0, 0.05) is 45.0 Å². The molecule has 1 aromatic heterocycles. The topological polar surface area (TPSA) is 37.4 Å². The van der Waals surface area contributed by atoms with Crippen LogP contribution in [-0.4, -0.2) is 35.1 Å². The van der Waals surface area contributed by atoms with Gasteiger partial charge in [0.2, 0.25) is 0 Å². The highest BCUT2D eigenvalue weighted by molar-refractivity contribution is 5.28. The van der Waals surface area contributed by atoms with Crippen LogP contribution in [0.5, 0.6) is 5.75 Å². The zero-order valence-electron chi connectivity index (χ0n) is 15.0. The van der Waals surface area contributed by atoms with E-state index in [9.17, 15) is 0 Å². The average molecular weight is 337 g/mol. The molecule has 4 heteroatoms. The summed E-state index contributed by atoms with van der Waals surface area (Å²) < 4.78 is 6.41. The minimum Gasteiger partial charge on any atom is -0.486 e. The molecule has 2 aromatic rings. The summed E-state index contributed by atoms with van der Waals surface area (Å²) in [6.45, 7) is 7.36. The Morgan fingerprint density at radius 3 is 2.84 bits per heavy atom. The fourth-order valence-electron chi connectivity index (χ4n) is 4.05. The summed E-state index contributed by atoms with van der Waals surface area (Å²) in [4.78, 5) is 6.67. The van der Waals surface area contributed by atoms with Crippen molar-refractivity contribution in [3.63, 3.8) is 0 Å². The van der Waals surface area contributed by atoms with Gasteiger partial charge in [0.1, 0.15) is 11.4 Å². The van der Waals surface area contributed by atoms with Crippen molar-refractivity contribution in [2.75, 3.05) is 19.6 Å². The monoisotopic (exact) mass is 337 g/mol. The van der Waals surface area contributed by atoms with Crippen LogP contribution in [0, 0.1) is 6.92 Å². The predicted molar refractivity (Wildman–Crippen MR) is 99.6 cm³/mol. The smallest absolute Gasteiger partial charge is 0.123 e. The molecule has 2 fully saturated rings. The summed E-state index contributed by atoms with van der Waals surface area (Å²) in [5.41, 5.74) is 3.89. The van der Waals surface area contributed by atoms with Gasteiger partial charge in [-0.2, -0.15) is 0 Å². The van der Waals surface area contributed by atoms with Crippen molar-refractivity contribution in [3.05, 3.63) is 59.4 Å². The maximum atomic E-state index is 6.41. The number of benzene rings is 1. The predicted octanol–water partition coefficient (Wildman–Crippen LogP) is 3.30. The van der Waals surface area contributed by atoms with E-state index in [4.69, 9.17) is 4.74 Å². The van der Waals surface area contributed by atoms with Crippen LogP contribution in [0.3, 0.4) is 0 Å². The number of nitrogens with one attached hydrogen (secondary N) is 1. The Hall–Kier alpha value is -1.91. The van der Waals surface area contributed by atoms with Gasteiger partial charge < -0.3 is 10.1 Å². The van der Waals surface area contributed by atoms with Gasteiger partial charge in [0.15, 0.2) is 0 Å². The standard InChI is InChI=1S/C21H27N3O/c1-17-13-22-10-7-19(17)15-23-14-18-3-5-20(6-4-18)25-21-8-2-11-24(16-21)12-9-21/h3-7,10,13,23H,2,8-9,11-12,14-16H2,1H3/t21-/m0/s1. The van der Waals surface area contributed by atoms with Crippen molar-refractivity contribution in [1.29, 1.82) is 0 Å². The largest absolute Gasteiger partial charge is 0.486 e. The summed E-state index contributed by atoms with van der Waals surface area (Å²) in [5.74, 6) is 1.01. The number of fused-ring (bicyclic) bond motifs is 2. The van der Waals surface area contributed by atoms with Crippen LogP contribution in [0.25, 0.3) is 0 Å². The van der Waals surface area contributed by atoms with Crippen molar-refractivity contribution in [3.8, 4) is 5.75 Å². The van der Waals surface area contributed by atoms with Gasteiger partial charge in [-0.25, -0.2) is 0 Å². The molecule has 1 N–H and O–H groups in total. The number of ether oxygens (including phenoxy) is 1. The molecule has 2 aliphatic heterocycles. The number of pyridine rings is 1. The summed E-state index contributed by atoms with van der Waals surface area (Å²) in [5, 5.41) is 3.51. The Kier molecular flexibility index (Phi) is 4.73. The van der Waals surface area contributed by atoms with Crippen LogP contribution in [-0.2, 0) is 13.1 Å². The maximum Gasteiger partial charge on any atom is 0.123 e. The first-order valence-corrected chi connectivity index (χ1v) is 9.33. The van der Waals surface area contributed by atoms with E-state index in [2.05, 4.69) is 52.5 Å². The molecule has 0 amide bonds. The summed E-state index contributed by atoms with van der Waals surface area (Å²) >= 11 is 0. The minimum absolute atomic E-state index is 0.0664. The van der Waals surface area contributed by atoms with Crippen LogP contribution in [0.15, 0.2) is 42.7 Å². The van der Waals surface area contributed by atoms with Gasteiger partial charge >= 0.3 is 0 Å². The molecule has 3 heterocycles. The van der Waals surface area contributed by atoms with Crippen LogP contribution >= 0.6 is 0 Å². The van der Waals surface area contributed by atoms with E-state index >= 15 is 0 Å². The summed E-state index contributed by atoms with van der Waals surface area (Å²) in [7, 11) is 0. The fraction of sp³-hybridized carbons (Fsp3) is 0.476. The minimum atomic E-state index is 0.0664. The van der Waals surface area contributed by atoms with E-state index in [-0.39, 0.29) is 5.60 Å².